The minimum atomic E-state index is -2.22. The smallest absolute Gasteiger partial charge is 0.220 e. The fourth-order valence-corrected chi connectivity index (χ4v) is 1.46. The SMILES string of the molecule is CO[PH](=O)c1cccc(F)c1. The molecule has 0 fully saturated rings. The molecule has 0 aliphatic carbocycles. The molecule has 0 saturated heterocycles. The van der Waals surface area contributed by atoms with Gasteiger partial charge in [-0.25, -0.2) is 4.39 Å². The molecular weight excluding hydrogens is 166 g/mol. The van der Waals surface area contributed by atoms with Crippen molar-refractivity contribution in [2.75, 3.05) is 7.11 Å². The van der Waals surface area contributed by atoms with E-state index in [1.807, 2.05) is 0 Å². The molecule has 4 heteroatoms. The molecule has 60 valence electrons. The largest absolute Gasteiger partial charge is 0.331 e. The summed E-state index contributed by atoms with van der Waals surface area (Å²) < 4.78 is 28.0. The van der Waals surface area contributed by atoms with Crippen LogP contribution in [0, 0.1) is 5.82 Å². The zero-order valence-corrected chi connectivity index (χ0v) is 7.00. The van der Waals surface area contributed by atoms with Gasteiger partial charge in [-0.3, -0.25) is 4.57 Å². The minimum absolute atomic E-state index is 0.391. The summed E-state index contributed by atoms with van der Waals surface area (Å²) in [5.74, 6) is -0.391. The van der Waals surface area contributed by atoms with Gasteiger partial charge in [-0.1, -0.05) is 6.07 Å². The van der Waals surface area contributed by atoms with E-state index >= 15 is 0 Å². The van der Waals surface area contributed by atoms with Crippen molar-refractivity contribution in [2.24, 2.45) is 0 Å². The first-order valence-corrected chi connectivity index (χ1v) is 4.39. The summed E-state index contributed by atoms with van der Waals surface area (Å²) in [4.78, 5) is 0. The lowest BCUT2D eigenvalue weighted by Crippen LogP contribution is -1.96. The van der Waals surface area contributed by atoms with Crippen molar-refractivity contribution in [1.29, 1.82) is 0 Å². The first-order chi connectivity index (χ1) is 5.24. The van der Waals surface area contributed by atoms with Crippen LogP contribution in [0.1, 0.15) is 0 Å². The third kappa shape index (κ3) is 2.14. The quantitative estimate of drug-likeness (QED) is 0.636. The molecule has 1 aromatic rings. The maximum absolute atomic E-state index is 12.5. The Balaban J connectivity index is 2.96. The normalized spacial score (nSPS) is 12.9. The highest BCUT2D eigenvalue weighted by Gasteiger charge is 2.01. The average Bonchev–Trinajstić information content (AvgIpc) is 2.03. The number of rotatable bonds is 2. The third-order valence-electron chi connectivity index (χ3n) is 1.25. The Bertz CT molecular complexity index is 275. The second kappa shape index (κ2) is 3.65. The summed E-state index contributed by atoms with van der Waals surface area (Å²) in [6, 6.07) is 5.60. The van der Waals surface area contributed by atoms with E-state index in [1.54, 1.807) is 6.07 Å². The second-order valence-electron chi connectivity index (χ2n) is 2.00. The molecule has 0 N–H and O–H groups in total. The fourth-order valence-electron chi connectivity index (χ4n) is 0.733. The molecule has 0 spiro atoms. The summed E-state index contributed by atoms with van der Waals surface area (Å²) in [6.07, 6.45) is 0. The van der Waals surface area contributed by atoms with Crippen LogP contribution in [0.25, 0.3) is 0 Å². The highest BCUT2D eigenvalue weighted by molar-refractivity contribution is 7.48. The highest BCUT2D eigenvalue weighted by Crippen LogP contribution is 2.19. The molecule has 0 aromatic heterocycles. The molecule has 1 rings (SSSR count). The molecule has 1 atom stereocenters. The first kappa shape index (κ1) is 8.44. The van der Waals surface area contributed by atoms with Crippen LogP contribution in [0.4, 0.5) is 4.39 Å². The summed E-state index contributed by atoms with van der Waals surface area (Å²) in [5, 5.41) is 0.414. The minimum Gasteiger partial charge on any atom is -0.331 e. The van der Waals surface area contributed by atoms with Gasteiger partial charge in [0.25, 0.3) is 0 Å². The van der Waals surface area contributed by atoms with Crippen molar-refractivity contribution >= 4 is 13.3 Å². The second-order valence-corrected chi connectivity index (χ2v) is 3.56. The van der Waals surface area contributed by atoms with Crippen LogP contribution < -0.4 is 5.30 Å². The van der Waals surface area contributed by atoms with Crippen molar-refractivity contribution in [3.8, 4) is 0 Å². The van der Waals surface area contributed by atoms with Gasteiger partial charge in [0.15, 0.2) is 0 Å². The molecule has 0 aliphatic rings. The van der Waals surface area contributed by atoms with Crippen molar-refractivity contribution < 1.29 is 13.5 Å². The lowest BCUT2D eigenvalue weighted by molar-refractivity contribution is 0.423. The van der Waals surface area contributed by atoms with E-state index in [4.69, 9.17) is 0 Å². The Labute approximate surface area is 64.9 Å². The van der Waals surface area contributed by atoms with Crippen molar-refractivity contribution in [3.63, 3.8) is 0 Å². The number of hydrogen-bond donors (Lipinski definition) is 0. The third-order valence-corrected chi connectivity index (χ3v) is 2.40. The molecule has 0 radical (unpaired) electrons. The fraction of sp³-hybridized carbons (Fsp3) is 0.143. The zero-order chi connectivity index (χ0) is 8.27. The predicted molar refractivity (Wildman–Crippen MR) is 42.0 cm³/mol. The van der Waals surface area contributed by atoms with Gasteiger partial charge >= 0.3 is 0 Å². The molecule has 0 heterocycles. The van der Waals surface area contributed by atoms with Crippen molar-refractivity contribution in [3.05, 3.63) is 30.1 Å². The highest BCUT2D eigenvalue weighted by atomic mass is 31.1. The Hall–Kier alpha value is -0.660. The van der Waals surface area contributed by atoms with E-state index < -0.39 is 13.8 Å². The van der Waals surface area contributed by atoms with Gasteiger partial charge in [0.2, 0.25) is 8.03 Å². The maximum atomic E-state index is 12.5. The lowest BCUT2D eigenvalue weighted by Gasteiger charge is -1.97. The van der Waals surface area contributed by atoms with Gasteiger partial charge in [-0.05, 0) is 18.2 Å². The Morgan fingerprint density at radius 1 is 1.55 bits per heavy atom. The number of halogens is 1. The molecule has 1 aromatic carbocycles. The van der Waals surface area contributed by atoms with Crippen LogP contribution in [0.3, 0.4) is 0 Å². The maximum Gasteiger partial charge on any atom is 0.220 e. The van der Waals surface area contributed by atoms with Gasteiger partial charge in [0, 0.05) is 12.4 Å². The summed E-state index contributed by atoms with van der Waals surface area (Å²) in [6.45, 7) is 0. The Morgan fingerprint density at radius 3 is 2.82 bits per heavy atom. The van der Waals surface area contributed by atoms with E-state index in [2.05, 4.69) is 4.52 Å². The van der Waals surface area contributed by atoms with E-state index in [0.717, 1.165) is 0 Å². The molecule has 0 amide bonds. The van der Waals surface area contributed by atoms with E-state index in [1.165, 1.54) is 25.3 Å². The van der Waals surface area contributed by atoms with Gasteiger partial charge in [0.05, 0.1) is 0 Å². The molecular formula is C7H8FO2P. The molecule has 11 heavy (non-hydrogen) atoms. The van der Waals surface area contributed by atoms with Crippen molar-refractivity contribution in [1.82, 2.24) is 0 Å². The molecule has 0 bridgehead atoms. The van der Waals surface area contributed by atoms with Gasteiger partial charge in [-0.2, -0.15) is 0 Å². The molecule has 0 saturated carbocycles. The van der Waals surface area contributed by atoms with E-state index in [0.29, 0.717) is 5.30 Å². The summed E-state index contributed by atoms with van der Waals surface area (Å²) >= 11 is 0. The van der Waals surface area contributed by atoms with Crippen LogP contribution >= 0.6 is 8.03 Å². The average molecular weight is 174 g/mol. The summed E-state index contributed by atoms with van der Waals surface area (Å²) in [5.41, 5.74) is 0. The van der Waals surface area contributed by atoms with Crippen LogP contribution in [0.5, 0.6) is 0 Å². The van der Waals surface area contributed by atoms with E-state index in [9.17, 15) is 8.96 Å². The number of hydrogen-bond acceptors (Lipinski definition) is 2. The topological polar surface area (TPSA) is 26.3 Å². The van der Waals surface area contributed by atoms with Crippen molar-refractivity contribution in [2.45, 2.75) is 0 Å². The first-order valence-electron chi connectivity index (χ1n) is 3.08. The van der Waals surface area contributed by atoms with Crippen LogP contribution in [-0.4, -0.2) is 7.11 Å². The lowest BCUT2D eigenvalue weighted by atomic mass is 10.4. The molecule has 1 unspecified atom stereocenters. The standard InChI is InChI=1S/C7H8FO2P/c1-10-11(9)7-4-2-3-6(8)5-7/h2-5,11H,1H3. The van der Waals surface area contributed by atoms with Gasteiger partial charge < -0.3 is 4.52 Å². The molecule has 2 nitrogen and oxygen atoms in total. The van der Waals surface area contributed by atoms with Crippen LogP contribution in [0.2, 0.25) is 0 Å². The molecule has 0 aliphatic heterocycles. The van der Waals surface area contributed by atoms with Gasteiger partial charge in [0.1, 0.15) is 5.82 Å². The van der Waals surface area contributed by atoms with Crippen LogP contribution in [-0.2, 0) is 9.09 Å². The number of benzene rings is 1. The van der Waals surface area contributed by atoms with Gasteiger partial charge in [-0.15, -0.1) is 0 Å². The van der Waals surface area contributed by atoms with E-state index in [-0.39, 0.29) is 0 Å². The Morgan fingerprint density at radius 2 is 2.27 bits per heavy atom. The Kier molecular flexibility index (Phi) is 2.80. The monoisotopic (exact) mass is 174 g/mol. The summed E-state index contributed by atoms with van der Waals surface area (Å²) in [7, 11) is -0.879. The van der Waals surface area contributed by atoms with Crippen LogP contribution in [0.15, 0.2) is 24.3 Å². The zero-order valence-electron chi connectivity index (χ0n) is 6.00. The predicted octanol–water partition coefficient (Wildman–Crippen LogP) is 1.57.